The highest BCUT2D eigenvalue weighted by molar-refractivity contribution is 5.67. The predicted octanol–water partition coefficient (Wildman–Crippen LogP) is 0.00430. The molecule has 0 heterocycles. The maximum atomic E-state index is 10.2. The van der Waals surface area contributed by atoms with Crippen molar-refractivity contribution < 1.29 is 19.7 Å². The molecule has 0 aliphatic rings. The molecule has 0 radical (unpaired) electrons. The highest BCUT2D eigenvalue weighted by Gasteiger charge is 2.07. The van der Waals surface area contributed by atoms with Crippen LogP contribution >= 0.6 is 0 Å². The third-order valence-corrected chi connectivity index (χ3v) is 1.68. The first kappa shape index (κ1) is 14.1. The summed E-state index contributed by atoms with van der Waals surface area (Å²) in [5.41, 5.74) is 0. The molecule has 0 bridgehead atoms. The summed E-state index contributed by atoms with van der Waals surface area (Å²) in [5.74, 6) is -0.994. The molecule has 0 fully saturated rings. The van der Waals surface area contributed by atoms with Gasteiger partial charge in [0.2, 0.25) is 0 Å². The van der Waals surface area contributed by atoms with E-state index in [4.69, 9.17) is 14.9 Å². The number of rotatable bonds is 10. The number of nitrogens with one attached hydrogen (secondary N) is 1. The molecule has 1 atom stereocenters. The molecule has 0 saturated carbocycles. The van der Waals surface area contributed by atoms with E-state index < -0.39 is 12.1 Å². The standard InChI is InChI=1S/C10H19NO4/c1-2-3-5-15-6-4-11-8-9(12)7-10(13)14/h2,9,11-12H,1,3-8H2,(H,13,14). The fraction of sp³-hybridized carbons (Fsp3) is 0.700. The van der Waals surface area contributed by atoms with Gasteiger partial charge in [-0.1, -0.05) is 6.08 Å². The van der Waals surface area contributed by atoms with Gasteiger partial charge in [0, 0.05) is 13.1 Å². The molecule has 0 amide bonds. The lowest BCUT2D eigenvalue weighted by Crippen LogP contribution is -2.31. The first-order valence-corrected chi connectivity index (χ1v) is 4.96. The second-order valence-corrected chi connectivity index (χ2v) is 3.15. The van der Waals surface area contributed by atoms with E-state index in [1.807, 2.05) is 0 Å². The van der Waals surface area contributed by atoms with Gasteiger partial charge in [-0.2, -0.15) is 0 Å². The maximum Gasteiger partial charge on any atom is 0.306 e. The average Bonchev–Trinajstić information content (AvgIpc) is 2.15. The van der Waals surface area contributed by atoms with Crippen molar-refractivity contribution >= 4 is 5.97 Å². The van der Waals surface area contributed by atoms with Gasteiger partial charge in [-0.15, -0.1) is 6.58 Å². The normalized spacial score (nSPS) is 12.3. The Morgan fingerprint density at radius 2 is 2.27 bits per heavy atom. The van der Waals surface area contributed by atoms with E-state index in [9.17, 15) is 4.79 Å². The Hall–Kier alpha value is -0.910. The largest absolute Gasteiger partial charge is 0.481 e. The minimum atomic E-state index is -0.994. The monoisotopic (exact) mass is 217 g/mol. The maximum absolute atomic E-state index is 10.2. The molecule has 0 aliphatic heterocycles. The molecule has 0 rings (SSSR count). The number of carbonyl (C=O) groups is 1. The second kappa shape index (κ2) is 9.64. The van der Waals surface area contributed by atoms with Crippen molar-refractivity contribution in [2.45, 2.75) is 18.9 Å². The number of hydrogen-bond donors (Lipinski definition) is 3. The van der Waals surface area contributed by atoms with E-state index in [1.165, 1.54) is 0 Å². The molecule has 5 heteroatoms. The van der Waals surface area contributed by atoms with Crippen molar-refractivity contribution in [1.82, 2.24) is 5.32 Å². The van der Waals surface area contributed by atoms with Crippen LogP contribution in [0.1, 0.15) is 12.8 Å². The third kappa shape index (κ3) is 11.0. The minimum absolute atomic E-state index is 0.232. The number of carboxylic acid groups (broad SMARTS) is 1. The lowest BCUT2D eigenvalue weighted by molar-refractivity contribution is -0.139. The van der Waals surface area contributed by atoms with Crippen molar-refractivity contribution in [2.24, 2.45) is 0 Å². The first-order chi connectivity index (χ1) is 7.16. The summed E-state index contributed by atoms with van der Waals surface area (Å²) in [7, 11) is 0. The van der Waals surface area contributed by atoms with Gasteiger partial charge in [-0.25, -0.2) is 0 Å². The van der Waals surface area contributed by atoms with E-state index >= 15 is 0 Å². The topological polar surface area (TPSA) is 78.8 Å². The van der Waals surface area contributed by atoms with Crippen molar-refractivity contribution in [3.63, 3.8) is 0 Å². The summed E-state index contributed by atoms with van der Waals surface area (Å²) in [4.78, 5) is 10.2. The molecule has 1 unspecified atom stereocenters. The molecular weight excluding hydrogens is 198 g/mol. The summed E-state index contributed by atoms with van der Waals surface area (Å²) < 4.78 is 5.21. The molecule has 0 spiro atoms. The van der Waals surface area contributed by atoms with Crippen molar-refractivity contribution in [3.8, 4) is 0 Å². The quantitative estimate of drug-likeness (QED) is 0.355. The number of aliphatic hydroxyl groups is 1. The molecule has 15 heavy (non-hydrogen) atoms. The van der Waals surface area contributed by atoms with Crippen molar-refractivity contribution in [3.05, 3.63) is 12.7 Å². The van der Waals surface area contributed by atoms with E-state index in [0.29, 0.717) is 19.8 Å². The summed E-state index contributed by atoms with van der Waals surface area (Å²) in [5, 5.41) is 20.4. The summed E-state index contributed by atoms with van der Waals surface area (Å²) in [6.07, 6.45) is 1.53. The molecule has 0 aromatic heterocycles. The third-order valence-electron chi connectivity index (χ3n) is 1.68. The van der Waals surface area contributed by atoms with E-state index in [0.717, 1.165) is 6.42 Å². The number of carboxylic acids is 1. The van der Waals surface area contributed by atoms with Gasteiger partial charge in [0.05, 0.1) is 25.7 Å². The number of ether oxygens (including phenoxy) is 1. The molecule has 3 N–H and O–H groups in total. The van der Waals surface area contributed by atoms with Crippen molar-refractivity contribution in [1.29, 1.82) is 0 Å². The van der Waals surface area contributed by atoms with Gasteiger partial charge in [0.1, 0.15) is 0 Å². The number of aliphatic carboxylic acids is 1. The fourth-order valence-corrected chi connectivity index (χ4v) is 0.955. The second-order valence-electron chi connectivity index (χ2n) is 3.15. The lowest BCUT2D eigenvalue weighted by atomic mass is 10.2. The van der Waals surface area contributed by atoms with Crippen LogP contribution in [0.3, 0.4) is 0 Å². The van der Waals surface area contributed by atoms with Crippen LogP contribution in [0.2, 0.25) is 0 Å². The zero-order chi connectivity index (χ0) is 11.5. The Morgan fingerprint density at radius 1 is 1.53 bits per heavy atom. The Kier molecular flexibility index (Phi) is 9.05. The lowest BCUT2D eigenvalue weighted by Gasteiger charge is -2.09. The van der Waals surface area contributed by atoms with Crippen LogP contribution in [0, 0.1) is 0 Å². The average molecular weight is 217 g/mol. The van der Waals surface area contributed by atoms with Crippen LogP contribution in [-0.2, 0) is 9.53 Å². The Labute approximate surface area is 89.7 Å². The minimum Gasteiger partial charge on any atom is -0.481 e. The van der Waals surface area contributed by atoms with Crippen molar-refractivity contribution in [2.75, 3.05) is 26.3 Å². The Balaban J connectivity index is 3.16. The van der Waals surface area contributed by atoms with E-state index in [-0.39, 0.29) is 13.0 Å². The van der Waals surface area contributed by atoms with Crippen LogP contribution in [0.4, 0.5) is 0 Å². The Bertz CT molecular complexity index is 184. The molecule has 0 aliphatic carbocycles. The molecule has 0 aromatic carbocycles. The summed E-state index contributed by atoms with van der Waals surface area (Å²) in [6.45, 7) is 5.63. The number of aliphatic hydroxyl groups excluding tert-OH is 1. The van der Waals surface area contributed by atoms with Gasteiger partial charge in [0.15, 0.2) is 0 Å². The molecule has 88 valence electrons. The molecule has 5 nitrogen and oxygen atoms in total. The summed E-state index contributed by atoms with van der Waals surface area (Å²) in [6, 6.07) is 0. The van der Waals surface area contributed by atoms with E-state index in [1.54, 1.807) is 6.08 Å². The molecule has 0 aromatic rings. The van der Waals surface area contributed by atoms with Crippen LogP contribution in [0.25, 0.3) is 0 Å². The first-order valence-electron chi connectivity index (χ1n) is 4.96. The Morgan fingerprint density at radius 3 is 2.87 bits per heavy atom. The van der Waals surface area contributed by atoms with Crippen LogP contribution in [0.15, 0.2) is 12.7 Å². The SMILES string of the molecule is C=CCCOCCNCC(O)CC(=O)O. The van der Waals surface area contributed by atoms with Gasteiger partial charge in [-0.3, -0.25) is 4.79 Å². The van der Waals surface area contributed by atoms with Gasteiger partial charge >= 0.3 is 5.97 Å². The van der Waals surface area contributed by atoms with E-state index in [2.05, 4.69) is 11.9 Å². The van der Waals surface area contributed by atoms with Gasteiger partial charge in [0.25, 0.3) is 0 Å². The molecular formula is C10H19NO4. The fourth-order valence-electron chi connectivity index (χ4n) is 0.955. The summed E-state index contributed by atoms with van der Waals surface area (Å²) >= 11 is 0. The number of hydrogen-bond acceptors (Lipinski definition) is 4. The smallest absolute Gasteiger partial charge is 0.306 e. The zero-order valence-corrected chi connectivity index (χ0v) is 8.82. The molecule has 0 saturated heterocycles. The highest BCUT2D eigenvalue weighted by Crippen LogP contribution is 1.89. The predicted molar refractivity (Wildman–Crippen MR) is 56.8 cm³/mol. The van der Waals surface area contributed by atoms with Crippen LogP contribution in [-0.4, -0.2) is 48.6 Å². The zero-order valence-electron chi connectivity index (χ0n) is 8.82. The van der Waals surface area contributed by atoms with Crippen LogP contribution < -0.4 is 5.32 Å². The van der Waals surface area contributed by atoms with Gasteiger partial charge in [-0.05, 0) is 6.42 Å². The van der Waals surface area contributed by atoms with Gasteiger partial charge < -0.3 is 20.3 Å². The van der Waals surface area contributed by atoms with Crippen LogP contribution in [0.5, 0.6) is 0 Å². The highest BCUT2D eigenvalue weighted by atomic mass is 16.5.